The predicted octanol–water partition coefficient (Wildman–Crippen LogP) is 3.97. The van der Waals surface area contributed by atoms with Crippen LogP contribution in [0.1, 0.15) is 42.2 Å². The number of hydrogen-bond donors (Lipinski definition) is 0. The Labute approximate surface area is 134 Å². The van der Waals surface area contributed by atoms with Crippen LogP contribution in [0.5, 0.6) is 0 Å². The quantitative estimate of drug-likeness (QED) is 0.718. The Morgan fingerprint density at radius 3 is 1.65 bits per heavy atom. The van der Waals surface area contributed by atoms with Crippen LogP contribution in [0.4, 0.5) is 0 Å². The third-order valence-corrected chi connectivity index (χ3v) is 5.11. The molecule has 0 aliphatic heterocycles. The van der Waals surface area contributed by atoms with Crippen molar-refractivity contribution in [1.82, 2.24) is 20.2 Å². The lowest BCUT2D eigenvalue weighted by molar-refractivity contribution is 0.708. The van der Waals surface area contributed by atoms with Gasteiger partial charge in [0, 0.05) is 12.4 Å². The summed E-state index contributed by atoms with van der Waals surface area (Å²) in [4.78, 5) is 8.99. The van der Waals surface area contributed by atoms with Gasteiger partial charge in [-0.2, -0.15) is 0 Å². The molecule has 112 valence electrons. The van der Waals surface area contributed by atoms with Crippen LogP contribution in [-0.4, -0.2) is 20.2 Å². The lowest BCUT2D eigenvalue weighted by atomic mass is 9.88. The Bertz CT molecular complexity index is 789. The minimum atomic E-state index is 0.602. The Balaban J connectivity index is 1.76. The summed E-state index contributed by atoms with van der Waals surface area (Å²) in [6, 6.07) is 11.9. The van der Waals surface area contributed by atoms with Gasteiger partial charge in [0.25, 0.3) is 0 Å². The maximum absolute atomic E-state index is 4.56. The monoisotopic (exact) mass is 300 g/mol. The van der Waals surface area contributed by atoms with Crippen molar-refractivity contribution in [3.63, 3.8) is 0 Å². The molecule has 4 nitrogen and oxygen atoms in total. The average molecular weight is 300 g/mol. The zero-order valence-electron chi connectivity index (χ0n) is 12.7. The van der Waals surface area contributed by atoms with Gasteiger partial charge in [0.2, 0.25) is 0 Å². The molecule has 4 heteroatoms. The second kappa shape index (κ2) is 4.95. The Morgan fingerprint density at radius 2 is 1.22 bits per heavy atom. The van der Waals surface area contributed by atoms with Crippen LogP contribution in [0.15, 0.2) is 48.8 Å². The summed E-state index contributed by atoms with van der Waals surface area (Å²) in [5.74, 6) is 1.20. The minimum absolute atomic E-state index is 0.602. The van der Waals surface area contributed by atoms with Crippen LogP contribution in [0.3, 0.4) is 0 Å². The second-order valence-electron chi connectivity index (χ2n) is 6.36. The van der Waals surface area contributed by atoms with Gasteiger partial charge in [-0.05, 0) is 66.5 Å². The molecule has 0 saturated heterocycles. The molecule has 3 aromatic rings. The number of nitrogens with zero attached hydrogens (tertiary/aromatic N) is 4. The average Bonchev–Trinajstić information content (AvgIpc) is 3.25. The molecule has 1 fully saturated rings. The van der Waals surface area contributed by atoms with Gasteiger partial charge in [0.15, 0.2) is 0 Å². The highest BCUT2D eigenvalue weighted by Crippen LogP contribution is 2.56. The Kier molecular flexibility index (Phi) is 2.77. The largest absolute Gasteiger partial charge is 0.255 e. The number of pyridine rings is 2. The number of hydrogen-bond acceptors (Lipinski definition) is 4. The molecule has 2 unspecified atom stereocenters. The summed E-state index contributed by atoms with van der Waals surface area (Å²) in [5.41, 5.74) is 6.53. The fourth-order valence-electron chi connectivity index (χ4n) is 4.18. The summed E-state index contributed by atoms with van der Waals surface area (Å²) in [6.07, 6.45) is 7.38. The first-order valence-corrected chi connectivity index (χ1v) is 8.15. The van der Waals surface area contributed by atoms with E-state index in [9.17, 15) is 0 Å². The van der Waals surface area contributed by atoms with E-state index in [1.807, 2.05) is 48.8 Å². The van der Waals surface area contributed by atoms with E-state index in [1.54, 1.807) is 0 Å². The first-order valence-electron chi connectivity index (χ1n) is 8.15. The summed E-state index contributed by atoms with van der Waals surface area (Å²) in [5, 5.41) is 9.13. The molecule has 0 radical (unpaired) electrons. The molecule has 0 N–H and O–H groups in total. The molecule has 0 amide bonds. The molecule has 3 heterocycles. The van der Waals surface area contributed by atoms with Crippen molar-refractivity contribution < 1.29 is 0 Å². The molecule has 23 heavy (non-hydrogen) atoms. The van der Waals surface area contributed by atoms with E-state index in [2.05, 4.69) is 20.2 Å². The molecule has 2 aliphatic carbocycles. The fraction of sp³-hybridized carbons (Fsp3) is 0.263. The van der Waals surface area contributed by atoms with Gasteiger partial charge in [0.1, 0.15) is 11.4 Å². The molecule has 1 saturated carbocycles. The van der Waals surface area contributed by atoms with Crippen molar-refractivity contribution in [2.24, 2.45) is 0 Å². The van der Waals surface area contributed by atoms with Gasteiger partial charge < -0.3 is 0 Å². The summed E-state index contributed by atoms with van der Waals surface area (Å²) >= 11 is 0. The number of rotatable bonds is 2. The highest BCUT2D eigenvalue weighted by molar-refractivity contribution is 5.71. The van der Waals surface area contributed by atoms with Crippen molar-refractivity contribution in [2.75, 3.05) is 0 Å². The lowest BCUT2D eigenvalue weighted by Crippen LogP contribution is -2.08. The maximum Gasteiger partial charge on any atom is 0.115 e. The van der Waals surface area contributed by atoms with E-state index in [4.69, 9.17) is 0 Å². The molecule has 2 bridgehead atoms. The van der Waals surface area contributed by atoms with Crippen molar-refractivity contribution in [3.8, 4) is 22.8 Å². The highest BCUT2D eigenvalue weighted by Gasteiger charge is 2.42. The highest BCUT2D eigenvalue weighted by atomic mass is 15.1. The first kappa shape index (κ1) is 12.9. The van der Waals surface area contributed by atoms with Gasteiger partial charge >= 0.3 is 0 Å². The molecular weight excluding hydrogens is 284 g/mol. The zero-order valence-corrected chi connectivity index (χ0v) is 12.7. The van der Waals surface area contributed by atoms with Gasteiger partial charge in [-0.25, -0.2) is 0 Å². The molecule has 2 atom stereocenters. The van der Waals surface area contributed by atoms with Crippen LogP contribution < -0.4 is 0 Å². The van der Waals surface area contributed by atoms with Gasteiger partial charge in [0.05, 0.1) is 11.4 Å². The van der Waals surface area contributed by atoms with Crippen molar-refractivity contribution >= 4 is 0 Å². The van der Waals surface area contributed by atoms with Crippen LogP contribution >= 0.6 is 0 Å². The Hall–Kier alpha value is -2.62. The van der Waals surface area contributed by atoms with Gasteiger partial charge in [-0.15, -0.1) is 10.2 Å². The predicted molar refractivity (Wildman–Crippen MR) is 87.8 cm³/mol. The maximum atomic E-state index is 4.56. The second-order valence-corrected chi connectivity index (χ2v) is 6.36. The van der Waals surface area contributed by atoms with E-state index in [-0.39, 0.29) is 0 Å². The van der Waals surface area contributed by atoms with Crippen molar-refractivity contribution in [3.05, 3.63) is 59.9 Å². The van der Waals surface area contributed by atoms with Crippen LogP contribution in [0.25, 0.3) is 22.8 Å². The normalized spacial score (nSPS) is 21.4. The summed E-state index contributed by atoms with van der Waals surface area (Å²) in [6.45, 7) is 0. The summed E-state index contributed by atoms with van der Waals surface area (Å²) in [7, 11) is 0. The number of aromatic nitrogens is 4. The molecule has 2 aliphatic rings. The smallest absolute Gasteiger partial charge is 0.115 e. The van der Waals surface area contributed by atoms with E-state index >= 15 is 0 Å². The van der Waals surface area contributed by atoms with Crippen molar-refractivity contribution in [2.45, 2.75) is 31.1 Å². The van der Waals surface area contributed by atoms with E-state index < -0.39 is 0 Å². The molecular formula is C19H16N4. The van der Waals surface area contributed by atoms with Gasteiger partial charge in [-0.1, -0.05) is 12.1 Å². The van der Waals surface area contributed by atoms with Crippen LogP contribution in [0, 0.1) is 0 Å². The lowest BCUT2D eigenvalue weighted by Gasteiger charge is -2.20. The zero-order chi connectivity index (χ0) is 15.2. The van der Waals surface area contributed by atoms with Gasteiger partial charge in [-0.3, -0.25) is 9.97 Å². The van der Waals surface area contributed by atoms with E-state index in [0.717, 1.165) is 22.8 Å². The van der Waals surface area contributed by atoms with Crippen LogP contribution in [0.2, 0.25) is 0 Å². The fourth-order valence-corrected chi connectivity index (χ4v) is 4.18. The molecule has 3 aromatic heterocycles. The van der Waals surface area contributed by atoms with Crippen LogP contribution in [-0.2, 0) is 0 Å². The molecule has 0 spiro atoms. The third-order valence-electron chi connectivity index (χ3n) is 5.11. The minimum Gasteiger partial charge on any atom is -0.255 e. The molecule has 0 aromatic carbocycles. The number of fused-ring (bicyclic) bond motifs is 5. The van der Waals surface area contributed by atoms with E-state index in [1.165, 1.54) is 30.4 Å². The summed E-state index contributed by atoms with van der Waals surface area (Å²) < 4.78 is 0. The first-order chi connectivity index (χ1) is 11.4. The topological polar surface area (TPSA) is 51.6 Å². The molecule has 5 rings (SSSR count). The van der Waals surface area contributed by atoms with E-state index in [0.29, 0.717) is 11.8 Å². The SMILES string of the molecule is c1ccc(-c2nnc(-c3ccccn3)c3c2C2CCC3C2)nc1. The third kappa shape index (κ3) is 1.91. The standard InChI is InChI=1S/C19H16N4/c1-3-9-20-14(5-1)18-16-12-7-8-13(11-12)17(16)19(23-22-18)15-6-2-4-10-21-15/h1-6,9-10,12-13H,7-8,11H2. The van der Waals surface area contributed by atoms with Crippen molar-refractivity contribution in [1.29, 1.82) is 0 Å². The Morgan fingerprint density at radius 1 is 0.696 bits per heavy atom.